The normalized spacial score (nSPS) is 15.2. The van der Waals surface area contributed by atoms with Crippen molar-refractivity contribution in [2.75, 3.05) is 4.72 Å². The summed E-state index contributed by atoms with van der Waals surface area (Å²) >= 11 is 7.66. The summed E-state index contributed by atoms with van der Waals surface area (Å²) in [6.07, 6.45) is 5.88. The molecule has 5 nitrogen and oxygen atoms in total. The van der Waals surface area contributed by atoms with Crippen LogP contribution in [0.1, 0.15) is 24.1 Å². The van der Waals surface area contributed by atoms with Gasteiger partial charge in [-0.2, -0.15) is 5.10 Å². The maximum Gasteiger partial charge on any atom is 0.234 e. The molecule has 0 radical (unpaired) electrons. The number of anilines is 1. The molecule has 4 rings (SSSR count). The van der Waals surface area contributed by atoms with Crippen molar-refractivity contribution in [3.63, 3.8) is 0 Å². The number of nitrogens with one attached hydrogen (secondary N) is 1. The van der Waals surface area contributed by atoms with Crippen LogP contribution in [-0.2, 0) is 12.5 Å². The molecule has 2 heterocycles. The van der Waals surface area contributed by atoms with Crippen LogP contribution in [0.15, 0.2) is 53.7 Å². The fourth-order valence-corrected chi connectivity index (χ4v) is 3.63. The van der Waals surface area contributed by atoms with E-state index >= 15 is 0 Å². The highest BCUT2D eigenvalue weighted by Gasteiger charge is 2.47. The number of hydrogen-bond acceptors (Lipinski definition) is 5. The summed E-state index contributed by atoms with van der Waals surface area (Å²) in [5, 5.41) is 4.60. The Morgan fingerprint density at radius 2 is 2.00 bits per heavy atom. The molecule has 3 aromatic rings. The molecule has 0 saturated heterocycles. The molecule has 1 aliphatic carbocycles. The fourth-order valence-electron chi connectivity index (χ4n) is 2.84. The van der Waals surface area contributed by atoms with Crippen molar-refractivity contribution in [2.45, 2.75) is 23.2 Å². The third kappa shape index (κ3) is 2.99. The zero-order valence-corrected chi connectivity index (χ0v) is 14.7. The molecule has 0 spiro atoms. The average Bonchev–Trinajstić information content (AvgIpc) is 3.30. The lowest BCUT2D eigenvalue weighted by atomic mass is 9.92. The molecular formula is C17H16ClN5S. The van der Waals surface area contributed by atoms with Gasteiger partial charge in [-0.25, -0.2) is 9.97 Å². The van der Waals surface area contributed by atoms with Crippen LogP contribution in [0.4, 0.5) is 5.95 Å². The number of benzene rings is 1. The van der Waals surface area contributed by atoms with Crippen LogP contribution < -0.4 is 4.72 Å². The van der Waals surface area contributed by atoms with E-state index in [-0.39, 0.29) is 5.41 Å². The van der Waals surface area contributed by atoms with Crippen LogP contribution in [-0.4, -0.2) is 19.7 Å². The Balaban J connectivity index is 1.60. The maximum atomic E-state index is 6.24. The molecule has 1 fully saturated rings. The van der Waals surface area contributed by atoms with Gasteiger partial charge in [0.05, 0.1) is 16.8 Å². The highest BCUT2D eigenvalue weighted by atomic mass is 35.5. The molecule has 1 saturated carbocycles. The third-order valence-corrected chi connectivity index (χ3v) is 5.13. The minimum atomic E-state index is -0.0246. The van der Waals surface area contributed by atoms with E-state index in [9.17, 15) is 0 Å². The van der Waals surface area contributed by atoms with E-state index in [4.69, 9.17) is 16.6 Å². The second-order valence-electron chi connectivity index (χ2n) is 5.90. The minimum absolute atomic E-state index is 0.0246. The van der Waals surface area contributed by atoms with Gasteiger partial charge in [0, 0.05) is 18.7 Å². The maximum absolute atomic E-state index is 6.24. The standard InChI is InChI=1S/C17H16ClN5S/c1-23-11-13(10-19-23)24-22-16-20-14(9-15(18)21-16)17(7-8-17)12-5-3-2-4-6-12/h2-6,9-11H,7-8H2,1H3,(H,20,21,22). The Morgan fingerprint density at radius 3 is 2.67 bits per heavy atom. The average molecular weight is 358 g/mol. The summed E-state index contributed by atoms with van der Waals surface area (Å²) in [6, 6.07) is 12.3. The van der Waals surface area contributed by atoms with Crippen LogP contribution >= 0.6 is 23.5 Å². The number of rotatable bonds is 5. The van der Waals surface area contributed by atoms with E-state index < -0.39 is 0 Å². The second-order valence-corrected chi connectivity index (χ2v) is 7.17. The van der Waals surface area contributed by atoms with Crippen molar-refractivity contribution < 1.29 is 0 Å². The number of aryl methyl sites for hydroxylation is 1. The van der Waals surface area contributed by atoms with Crippen molar-refractivity contribution >= 4 is 29.5 Å². The Labute approximate surface area is 149 Å². The van der Waals surface area contributed by atoms with E-state index in [2.05, 4.69) is 39.1 Å². The first-order valence-corrected chi connectivity index (χ1v) is 8.87. The molecule has 0 bridgehead atoms. The van der Waals surface area contributed by atoms with Gasteiger partial charge in [0.1, 0.15) is 5.15 Å². The predicted octanol–water partition coefficient (Wildman–Crippen LogP) is 4.06. The van der Waals surface area contributed by atoms with Gasteiger partial charge in [-0.1, -0.05) is 41.9 Å². The predicted molar refractivity (Wildman–Crippen MR) is 96.2 cm³/mol. The molecule has 0 amide bonds. The van der Waals surface area contributed by atoms with Crippen LogP contribution in [0.3, 0.4) is 0 Å². The summed E-state index contributed by atoms with van der Waals surface area (Å²) in [5.41, 5.74) is 2.23. The molecule has 24 heavy (non-hydrogen) atoms. The highest BCUT2D eigenvalue weighted by molar-refractivity contribution is 8.00. The summed E-state index contributed by atoms with van der Waals surface area (Å²) in [4.78, 5) is 9.99. The Bertz CT molecular complexity index is 860. The van der Waals surface area contributed by atoms with Gasteiger partial charge in [-0.15, -0.1) is 0 Å². The Morgan fingerprint density at radius 1 is 1.21 bits per heavy atom. The number of nitrogens with zero attached hydrogens (tertiary/aromatic N) is 4. The molecule has 0 atom stereocenters. The zero-order valence-electron chi connectivity index (χ0n) is 13.1. The summed E-state index contributed by atoms with van der Waals surface area (Å²) in [5.74, 6) is 0.522. The molecule has 1 aliphatic rings. The Hall–Kier alpha value is -2.05. The van der Waals surface area contributed by atoms with Crippen molar-refractivity contribution in [3.8, 4) is 0 Å². The van der Waals surface area contributed by atoms with E-state index in [1.165, 1.54) is 17.5 Å². The first kappa shape index (κ1) is 15.5. The lowest BCUT2D eigenvalue weighted by Crippen LogP contribution is -2.12. The molecule has 7 heteroatoms. The monoisotopic (exact) mass is 357 g/mol. The molecule has 0 aliphatic heterocycles. The van der Waals surface area contributed by atoms with Gasteiger partial charge >= 0.3 is 0 Å². The van der Waals surface area contributed by atoms with E-state index in [1.54, 1.807) is 10.9 Å². The van der Waals surface area contributed by atoms with Crippen LogP contribution in [0.25, 0.3) is 0 Å². The van der Waals surface area contributed by atoms with Gasteiger partial charge in [0.25, 0.3) is 0 Å². The van der Waals surface area contributed by atoms with Crippen molar-refractivity contribution in [3.05, 3.63) is 65.2 Å². The Kier molecular flexibility index (Phi) is 3.94. The van der Waals surface area contributed by atoms with Gasteiger partial charge in [-0.3, -0.25) is 9.40 Å². The first-order chi connectivity index (χ1) is 11.7. The lowest BCUT2D eigenvalue weighted by molar-refractivity contribution is 0.766. The van der Waals surface area contributed by atoms with Crippen LogP contribution in [0.2, 0.25) is 5.15 Å². The number of halogens is 1. The molecule has 2 aromatic heterocycles. The molecule has 1 N–H and O–H groups in total. The smallest absolute Gasteiger partial charge is 0.234 e. The van der Waals surface area contributed by atoms with Crippen LogP contribution in [0.5, 0.6) is 0 Å². The summed E-state index contributed by atoms with van der Waals surface area (Å²) in [6.45, 7) is 0. The van der Waals surface area contributed by atoms with Gasteiger partial charge < -0.3 is 0 Å². The quantitative estimate of drug-likeness (QED) is 0.551. The van der Waals surface area contributed by atoms with Gasteiger partial charge in [0.15, 0.2) is 0 Å². The first-order valence-electron chi connectivity index (χ1n) is 7.68. The number of aromatic nitrogens is 4. The largest absolute Gasteiger partial charge is 0.294 e. The van der Waals surface area contributed by atoms with Crippen molar-refractivity contribution in [2.24, 2.45) is 7.05 Å². The van der Waals surface area contributed by atoms with E-state index in [0.29, 0.717) is 11.1 Å². The molecular weight excluding hydrogens is 342 g/mol. The van der Waals surface area contributed by atoms with Crippen molar-refractivity contribution in [1.29, 1.82) is 0 Å². The second kappa shape index (κ2) is 6.11. The fraction of sp³-hybridized carbons (Fsp3) is 0.235. The summed E-state index contributed by atoms with van der Waals surface area (Å²) < 4.78 is 4.92. The molecule has 0 unspecified atom stereocenters. The lowest BCUT2D eigenvalue weighted by Gasteiger charge is -2.16. The molecule has 1 aromatic carbocycles. The van der Waals surface area contributed by atoms with Gasteiger partial charge in [0.2, 0.25) is 5.95 Å². The third-order valence-electron chi connectivity index (χ3n) is 4.20. The van der Waals surface area contributed by atoms with Crippen LogP contribution in [0, 0.1) is 0 Å². The summed E-state index contributed by atoms with van der Waals surface area (Å²) in [7, 11) is 1.88. The number of hydrogen-bond donors (Lipinski definition) is 1. The minimum Gasteiger partial charge on any atom is -0.294 e. The van der Waals surface area contributed by atoms with E-state index in [1.807, 2.05) is 25.4 Å². The zero-order chi connectivity index (χ0) is 16.6. The van der Waals surface area contributed by atoms with Gasteiger partial charge in [-0.05, 0) is 36.4 Å². The highest BCUT2D eigenvalue weighted by Crippen LogP contribution is 2.53. The van der Waals surface area contributed by atoms with Crippen molar-refractivity contribution in [1.82, 2.24) is 19.7 Å². The SMILES string of the molecule is Cn1cc(SNc2nc(Cl)cc(C3(c4ccccc4)CC3)n2)cn1. The topological polar surface area (TPSA) is 55.6 Å². The van der Waals surface area contributed by atoms with E-state index in [0.717, 1.165) is 23.4 Å². The molecule has 122 valence electrons.